The van der Waals surface area contributed by atoms with Crippen LogP contribution in [0.1, 0.15) is 5.56 Å². The second-order valence-electron chi connectivity index (χ2n) is 4.60. The molecule has 1 N–H and O–H groups in total. The van der Waals surface area contributed by atoms with Crippen LogP contribution in [-0.2, 0) is 16.2 Å². The van der Waals surface area contributed by atoms with Gasteiger partial charge in [0.1, 0.15) is 11.8 Å². The van der Waals surface area contributed by atoms with Gasteiger partial charge >= 0.3 is 6.18 Å². The molecule has 24 heavy (non-hydrogen) atoms. The minimum Gasteiger partial charge on any atom is -0.479 e. The van der Waals surface area contributed by atoms with E-state index in [0.717, 1.165) is 18.2 Å². The van der Waals surface area contributed by atoms with E-state index >= 15 is 0 Å². The van der Waals surface area contributed by atoms with Crippen molar-refractivity contribution in [1.82, 2.24) is 0 Å². The Morgan fingerprint density at radius 3 is 2.38 bits per heavy atom. The lowest BCUT2D eigenvalue weighted by Crippen LogP contribution is -2.14. The molecule has 2 aromatic rings. The number of benzene rings is 2. The number of hydrogen-bond donors (Lipinski definition) is 1. The molecule has 2 rings (SSSR count). The van der Waals surface area contributed by atoms with Crippen LogP contribution in [0.4, 0.5) is 18.9 Å². The molecule has 0 bridgehead atoms. The molecular formula is C15H11F3N2O3S. The Bertz CT molecular complexity index is 857. The average Bonchev–Trinajstić information content (AvgIpc) is 2.53. The van der Waals surface area contributed by atoms with Gasteiger partial charge in [0.05, 0.1) is 10.5 Å². The Balaban J connectivity index is 2.21. The van der Waals surface area contributed by atoms with Gasteiger partial charge in [0.2, 0.25) is 0 Å². The number of nitrogens with zero attached hydrogens (tertiary/aromatic N) is 1. The number of halogens is 3. The van der Waals surface area contributed by atoms with E-state index < -0.39 is 26.7 Å². The molecule has 0 saturated heterocycles. The molecule has 0 aromatic heterocycles. The number of nitrogens with one attached hydrogen (secondary N) is 1. The van der Waals surface area contributed by atoms with Crippen molar-refractivity contribution in [2.75, 3.05) is 11.3 Å². The van der Waals surface area contributed by atoms with E-state index in [0.29, 0.717) is 11.8 Å². The van der Waals surface area contributed by atoms with Crippen LogP contribution < -0.4 is 9.46 Å². The summed E-state index contributed by atoms with van der Waals surface area (Å²) in [7, 11) is -4.17. The quantitative estimate of drug-likeness (QED) is 0.890. The van der Waals surface area contributed by atoms with E-state index in [1.165, 1.54) is 24.3 Å². The second-order valence-corrected chi connectivity index (χ2v) is 6.28. The Kier molecular flexibility index (Phi) is 4.99. The minimum atomic E-state index is -4.63. The third kappa shape index (κ3) is 4.39. The molecule has 0 spiro atoms. The molecule has 0 fully saturated rings. The first-order valence-corrected chi connectivity index (χ1v) is 8.00. The fourth-order valence-electron chi connectivity index (χ4n) is 1.79. The van der Waals surface area contributed by atoms with Crippen molar-refractivity contribution in [1.29, 1.82) is 5.26 Å². The van der Waals surface area contributed by atoms with Crippen molar-refractivity contribution >= 4 is 15.7 Å². The van der Waals surface area contributed by atoms with Crippen LogP contribution in [0.3, 0.4) is 0 Å². The van der Waals surface area contributed by atoms with Crippen LogP contribution in [0.2, 0.25) is 0 Å². The van der Waals surface area contributed by atoms with Gasteiger partial charge in [-0.1, -0.05) is 6.07 Å². The number of hydrogen-bond acceptors (Lipinski definition) is 4. The number of nitriles is 1. The summed E-state index contributed by atoms with van der Waals surface area (Å²) < 4.78 is 69.6. The highest BCUT2D eigenvalue weighted by Gasteiger charge is 2.31. The maximum absolute atomic E-state index is 12.7. The molecule has 5 nitrogen and oxygen atoms in total. The largest absolute Gasteiger partial charge is 0.479 e. The van der Waals surface area contributed by atoms with Crippen molar-refractivity contribution in [2.24, 2.45) is 0 Å². The van der Waals surface area contributed by atoms with Crippen LogP contribution in [-0.4, -0.2) is 15.0 Å². The first-order chi connectivity index (χ1) is 11.2. The molecule has 0 aliphatic heterocycles. The highest BCUT2D eigenvalue weighted by Crippen LogP contribution is 2.31. The SMILES string of the molecule is N#CCOc1ccc(NS(=O)(=O)c2cccc(C(F)(F)F)c2)cc1. The van der Waals surface area contributed by atoms with E-state index in [9.17, 15) is 21.6 Å². The van der Waals surface area contributed by atoms with Crippen LogP contribution in [0.5, 0.6) is 5.75 Å². The van der Waals surface area contributed by atoms with Gasteiger partial charge in [-0.05, 0) is 42.5 Å². The third-order valence-electron chi connectivity index (χ3n) is 2.88. The smallest absolute Gasteiger partial charge is 0.416 e. The lowest BCUT2D eigenvalue weighted by molar-refractivity contribution is -0.137. The normalized spacial score (nSPS) is 11.6. The Labute approximate surface area is 136 Å². The van der Waals surface area contributed by atoms with Gasteiger partial charge in [0.25, 0.3) is 10.0 Å². The topological polar surface area (TPSA) is 79.2 Å². The van der Waals surface area contributed by atoms with Gasteiger partial charge in [-0.2, -0.15) is 18.4 Å². The van der Waals surface area contributed by atoms with Gasteiger partial charge in [0.15, 0.2) is 6.61 Å². The summed E-state index contributed by atoms with van der Waals surface area (Å²) in [4.78, 5) is -0.498. The molecule has 0 aliphatic rings. The first kappa shape index (κ1) is 17.6. The van der Waals surface area contributed by atoms with Crippen LogP contribution in [0.15, 0.2) is 53.4 Å². The van der Waals surface area contributed by atoms with Crippen molar-refractivity contribution in [3.63, 3.8) is 0 Å². The summed E-state index contributed by atoms with van der Waals surface area (Å²) in [5, 5.41) is 8.39. The zero-order valence-electron chi connectivity index (χ0n) is 12.0. The van der Waals surface area contributed by atoms with E-state index in [1.807, 2.05) is 0 Å². The molecule has 0 radical (unpaired) electrons. The van der Waals surface area contributed by atoms with Crippen molar-refractivity contribution in [2.45, 2.75) is 11.1 Å². The zero-order valence-corrected chi connectivity index (χ0v) is 12.9. The molecule has 2 aromatic carbocycles. The van der Waals surface area contributed by atoms with Crippen molar-refractivity contribution in [3.05, 3.63) is 54.1 Å². The van der Waals surface area contributed by atoms with Gasteiger partial charge < -0.3 is 4.74 Å². The van der Waals surface area contributed by atoms with Crippen LogP contribution in [0, 0.1) is 11.3 Å². The summed E-state index contributed by atoms with van der Waals surface area (Å²) in [5.74, 6) is 0.360. The fraction of sp³-hybridized carbons (Fsp3) is 0.133. The molecule has 126 valence electrons. The molecule has 0 heterocycles. The first-order valence-electron chi connectivity index (χ1n) is 6.52. The van der Waals surface area contributed by atoms with Gasteiger partial charge in [-0.25, -0.2) is 8.42 Å². The summed E-state index contributed by atoms with van der Waals surface area (Å²) in [5.41, 5.74) is -0.901. The van der Waals surface area contributed by atoms with Gasteiger partial charge in [-0.15, -0.1) is 0 Å². The standard InChI is InChI=1S/C15H11F3N2O3S/c16-15(17,18)11-2-1-3-14(10-11)24(21,22)20-12-4-6-13(7-5-12)23-9-8-19/h1-7,10,20H,9H2. The average molecular weight is 356 g/mol. The van der Waals surface area contributed by atoms with E-state index in [2.05, 4.69) is 4.72 Å². The Morgan fingerprint density at radius 1 is 1.12 bits per heavy atom. The molecule has 9 heteroatoms. The summed E-state index contributed by atoms with van der Waals surface area (Å²) in [6.07, 6.45) is -4.63. The molecule has 0 aliphatic carbocycles. The number of alkyl halides is 3. The van der Waals surface area contributed by atoms with Crippen LogP contribution in [0.25, 0.3) is 0 Å². The second kappa shape index (κ2) is 6.80. The predicted molar refractivity (Wildman–Crippen MR) is 79.8 cm³/mol. The fourth-order valence-corrected chi connectivity index (χ4v) is 2.89. The van der Waals surface area contributed by atoms with Crippen molar-refractivity contribution in [3.8, 4) is 11.8 Å². The predicted octanol–water partition coefficient (Wildman–Crippen LogP) is 3.41. The van der Waals surface area contributed by atoms with Crippen LogP contribution >= 0.6 is 0 Å². The maximum atomic E-state index is 12.7. The lowest BCUT2D eigenvalue weighted by atomic mass is 10.2. The lowest BCUT2D eigenvalue weighted by Gasteiger charge is -2.11. The molecule has 0 atom stereocenters. The van der Waals surface area contributed by atoms with E-state index in [1.54, 1.807) is 6.07 Å². The monoisotopic (exact) mass is 356 g/mol. The maximum Gasteiger partial charge on any atom is 0.416 e. The highest BCUT2D eigenvalue weighted by molar-refractivity contribution is 7.92. The summed E-state index contributed by atoms with van der Waals surface area (Å²) in [6.45, 7) is -0.157. The van der Waals surface area contributed by atoms with E-state index in [4.69, 9.17) is 10.00 Å². The van der Waals surface area contributed by atoms with Crippen molar-refractivity contribution < 1.29 is 26.3 Å². The molecule has 0 saturated carbocycles. The highest BCUT2D eigenvalue weighted by atomic mass is 32.2. The zero-order chi connectivity index (χ0) is 17.8. The van der Waals surface area contributed by atoms with E-state index in [-0.39, 0.29) is 12.3 Å². The molecular weight excluding hydrogens is 345 g/mol. The number of rotatable bonds is 5. The summed E-state index contributed by atoms with van der Waals surface area (Å²) >= 11 is 0. The Hall–Kier alpha value is -2.73. The number of sulfonamides is 1. The minimum absolute atomic E-state index is 0.150. The molecule has 0 unspecified atom stereocenters. The van der Waals surface area contributed by atoms with Gasteiger partial charge in [0, 0.05) is 5.69 Å². The third-order valence-corrected chi connectivity index (χ3v) is 4.26. The van der Waals surface area contributed by atoms with Gasteiger partial charge in [-0.3, -0.25) is 4.72 Å². The molecule has 0 amide bonds. The Morgan fingerprint density at radius 2 is 1.79 bits per heavy atom. The number of anilines is 1. The number of ether oxygens (including phenoxy) is 1. The summed E-state index contributed by atoms with van der Waals surface area (Å²) in [6, 6.07) is 10.8.